The first-order valence-corrected chi connectivity index (χ1v) is 10.7. The normalized spacial score (nSPS) is 20.7. The Hall–Kier alpha value is -1.35. The van der Waals surface area contributed by atoms with Gasteiger partial charge in [-0.2, -0.15) is 0 Å². The number of anilines is 1. The molecule has 7 nitrogen and oxygen atoms in total. The topological polar surface area (TPSA) is 87.7 Å². The van der Waals surface area contributed by atoms with Gasteiger partial charge >= 0.3 is 0 Å². The van der Waals surface area contributed by atoms with Gasteiger partial charge in [-0.15, -0.1) is 12.4 Å². The molecule has 3 rings (SSSR count). The van der Waals surface area contributed by atoms with Gasteiger partial charge in [0.25, 0.3) is 5.91 Å². The molecule has 0 saturated carbocycles. The molecule has 152 valence electrons. The summed E-state index contributed by atoms with van der Waals surface area (Å²) in [5.74, 6) is -0.0192. The Kier molecular flexibility index (Phi) is 7.50. The van der Waals surface area contributed by atoms with E-state index in [-0.39, 0.29) is 29.5 Å². The molecule has 1 amide bonds. The van der Waals surface area contributed by atoms with Crippen LogP contribution in [0.3, 0.4) is 0 Å². The quantitative estimate of drug-likeness (QED) is 0.730. The zero-order chi connectivity index (χ0) is 18.6. The number of nitrogens with zero attached hydrogens (tertiary/aromatic N) is 1. The number of benzene rings is 1. The van der Waals surface area contributed by atoms with Gasteiger partial charge in [0.2, 0.25) is 10.0 Å². The highest BCUT2D eigenvalue weighted by Crippen LogP contribution is 2.29. The van der Waals surface area contributed by atoms with Crippen LogP contribution in [0.25, 0.3) is 0 Å². The fraction of sp³-hybridized carbons (Fsp3) is 0.611. The minimum absolute atomic E-state index is 0. The summed E-state index contributed by atoms with van der Waals surface area (Å²) in [6, 6.07) is 6.84. The summed E-state index contributed by atoms with van der Waals surface area (Å²) in [6.07, 6.45) is 2.52. The Labute approximate surface area is 167 Å². The number of nitrogens with one attached hydrogen (secondary N) is 2. The minimum atomic E-state index is -3.25. The first-order valence-electron chi connectivity index (χ1n) is 9.04. The summed E-state index contributed by atoms with van der Waals surface area (Å²) >= 11 is 0. The second kappa shape index (κ2) is 9.23. The number of hydrogen-bond donors (Lipinski definition) is 2. The van der Waals surface area contributed by atoms with E-state index in [1.165, 1.54) is 4.31 Å². The zero-order valence-corrected chi connectivity index (χ0v) is 17.2. The van der Waals surface area contributed by atoms with Crippen molar-refractivity contribution in [3.8, 4) is 0 Å². The van der Waals surface area contributed by atoms with Crippen molar-refractivity contribution in [3.63, 3.8) is 0 Å². The van der Waals surface area contributed by atoms with E-state index in [1.807, 2.05) is 0 Å². The molecule has 0 bridgehead atoms. The molecule has 2 fully saturated rings. The van der Waals surface area contributed by atoms with Crippen molar-refractivity contribution >= 4 is 34.0 Å². The van der Waals surface area contributed by atoms with Crippen LogP contribution in [0.5, 0.6) is 0 Å². The first kappa shape index (κ1) is 21.9. The smallest absolute Gasteiger partial charge is 0.251 e. The Bertz CT molecular complexity index is 745. The standard InChI is InChI=1S/C18H27N3O4S.ClH/c1-25-14-18(6-8-19-9-7-18)13-20-17(22)15-4-2-5-16(12-15)21-10-3-11-26(21,23)24;/h2,4-5,12,19H,3,6-11,13-14H2,1H3,(H,20,22);1H. The Balaban J connectivity index is 0.00000261. The maximum atomic E-state index is 12.6. The number of ether oxygens (including phenoxy) is 1. The van der Waals surface area contributed by atoms with E-state index in [2.05, 4.69) is 10.6 Å². The largest absolute Gasteiger partial charge is 0.384 e. The summed E-state index contributed by atoms with van der Waals surface area (Å²) in [6.45, 7) is 3.47. The summed E-state index contributed by atoms with van der Waals surface area (Å²) in [5, 5.41) is 6.35. The van der Waals surface area contributed by atoms with Gasteiger partial charge in [-0.1, -0.05) is 6.07 Å². The lowest BCUT2D eigenvalue weighted by Crippen LogP contribution is -2.47. The number of halogens is 1. The molecule has 0 aromatic heterocycles. The molecule has 0 atom stereocenters. The SMILES string of the molecule is COCC1(CNC(=O)c2cccc(N3CCCS3(=O)=O)c2)CCNCC1.Cl. The van der Waals surface area contributed by atoms with E-state index in [9.17, 15) is 13.2 Å². The molecular formula is C18H28ClN3O4S. The van der Waals surface area contributed by atoms with Gasteiger partial charge in [0.1, 0.15) is 0 Å². The van der Waals surface area contributed by atoms with Crippen molar-refractivity contribution in [2.45, 2.75) is 19.3 Å². The Morgan fingerprint density at radius 1 is 1.33 bits per heavy atom. The minimum Gasteiger partial charge on any atom is -0.384 e. The fourth-order valence-electron chi connectivity index (χ4n) is 3.74. The molecule has 2 aliphatic rings. The summed E-state index contributed by atoms with van der Waals surface area (Å²) < 4.78 is 31.0. The maximum absolute atomic E-state index is 12.6. The van der Waals surface area contributed by atoms with Gasteiger partial charge in [-0.05, 0) is 50.6 Å². The zero-order valence-electron chi connectivity index (χ0n) is 15.6. The summed E-state index contributed by atoms with van der Waals surface area (Å²) in [5.41, 5.74) is 0.987. The third-order valence-corrected chi connectivity index (χ3v) is 7.10. The molecule has 2 heterocycles. The number of carbonyl (C=O) groups is 1. The fourth-order valence-corrected chi connectivity index (χ4v) is 5.29. The molecule has 9 heteroatoms. The number of amides is 1. The lowest BCUT2D eigenvalue weighted by atomic mass is 9.79. The molecular weight excluding hydrogens is 390 g/mol. The van der Waals surface area contributed by atoms with Crippen molar-refractivity contribution in [2.24, 2.45) is 5.41 Å². The maximum Gasteiger partial charge on any atom is 0.251 e. The average Bonchev–Trinajstić information content (AvgIpc) is 3.00. The number of piperidine rings is 1. The predicted molar refractivity (Wildman–Crippen MR) is 108 cm³/mol. The molecule has 2 saturated heterocycles. The Morgan fingerprint density at radius 2 is 2.07 bits per heavy atom. The van der Waals surface area contributed by atoms with Crippen LogP contribution in [0.2, 0.25) is 0 Å². The number of sulfonamides is 1. The number of hydrogen-bond acceptors (Lipinski definition) is 5. The van der Waals surface area contributed by atoms with Crippen LogP contribution in [-0.2, 0) is 14.8 Å². The van der Waals surface area contributed by atoms with Gasteiger partial charge in [0, 0.05) is 31.2 Å². The van der Waals surface area contributed by atoms with Gasteiger partial charge in [-0.25, -0.2) is 8.42 Å². The van der Waals surface area contributed by atoms with Crippen LogP contribution in [0.15, 0.2) is 24.3 Å². The van der Waals surface area contributed by atoms with Crippen molar-refractivity contribution in [1.29, 1.82) is 0 Å². The molecule has 0 spiro atoms. The molecule has 2 aliphatic heterocycles. The summed E-state index contributed by atoms with van der Waals surface area (Å²) in [7, 11) is -1.56. The van der Waals surface area contributed by atoms with Gasteiger partial charge < -0.3 is 15.4 Å². The lowest BCUT2D eigenvalue weighted by Gasteiger charge is -2.37. The van der Waals surface area contributed by atoms with E-state index in [1.54, 1.807) is 31.4 Å². The highest BCUT2D eigenvalue weighted by molar-refractivity contribution is 7.93. The highest BCUT2D eigenvalue weighted by atomic mass is 35.5. The second-order valence-corrected chi connectivity index (χ2v) is 9.17. The first-order chi connectivity index (χ1) is 12.5. The van der Waals surface area contributed by atoms with E-state index >= 15 is 0 Å². The predicted octanol–water partition coefficient (Wildman–Crippen LogP) is 1.39. The van der Waals surface area contributed by atoms with Crippen LogP contribution >= 0.6 is 12.4 Å². The molecule has 0 aliphatic carbocycles. The van der Waals surface area contributed by atoms with Crippen molar-refractivity contribution in [1.82, 2.24) is 10.6 Å². The molecule has 1 aromatic carbocycles. The molecule has 2 N–H and O–H groups in total. The van der Waals surface area contributed by atoms with Crippen LogP contribution in [0, 0.1) is 5.41 Å². The molecule has 0 unspecified atom stereocenters. The molecule has 27 heavy (non-hydrogen) atoms. The number of methoxy groups -OCH3 is 1. The van der Waals surface area contributed by atoms with Crippen LogP contribution in [0.1, 0.15) is 29.6 Å². The van der Waals surface area contributed by atoms with E-state index < -0.39 is 10.0 Å². The van der Waals surface area contributed by atoms with Crippen molar-refractivity contribution in [2.75, 3.05) is 50.0 Å². The summed E-state index contributed by atoms with van der Waals surface area (Å²) in [4.78, 5) is 12.6. The van der Waals surface area contributed by atoms with Gasteiger partial charge in [0.15, 0.2) is 0 Å². The Morgan fingerprint density at radius 3 is 2.70 bits per heavy atom. The van der Waals surface area contributed by atoms with Gasteiger partial charge in [-0.3, -0.25) is 9.10 Å². The van der Waals surface area contributed by atoms with Crippen LogP contribution in [0.4, 0.5) is 5.69 Å². The average molecular weight is 418 g/mol. The van der Waals surface area contributed by atoms with Crippen LogP contribution in [-0.4, -0.2) is 60.0 Å². The van der Waals surface area contributed by atoms with E-state index in [4.69, 9.17) is 4.74 Å². The third-order valence-electron chi connectivity index (χ3n) is 5.23. The van der Waals surface area contributed by atoms with E-state index in [0.717, 1.165) is 25.9 Å². The monoisotopic (exact) mass is 417 g/mol. The highest BCUT2D eigenvalue weighted by Gasteiger charge is 2.33. The van der Waals surface area contributed by atoms with Crippen LogP contribution < -0.4 is 14.9 Å². The van der Waals surface area contributed by atoms with Gasteiger partial charge in [0.05, 0.1) is 18.0 Å². The van der Waals surface area contributed by atoms with Crippen molar-refractivity contribution in [3.05, 3.63) is 29.8 Å². The molecule has 0 radical (unpaired) electrons. The number of carbonyl (C=O) groups excluding carboxylic acids is 1. The lowest BCUT2D eigenvalue weighted by molar-refractivity contribution is 0.0512. The van der Waals surface area contributed by atoms with E-state index in [0.29, 0.717) is 37.4 Å². The molecule has 1 aromatic rings. The third kappa shape index (κ3) is 5.13. The second-order valence-electron chi connectivity index (χ2n) is 7.16. The van der Waals surface area contributed by atoms with Crippen molar-refractivity contribution < 1.29 is 17.9 Å². The number of rotatable bonds is 6.